The summed E-state index contributed by atoms with van der Waals surface area (Å²) in [4.78, 5) is 0. The summed E-state index contributed by atoms with van der Waals surface area (Å²) in [6.45, 7) is 2.98. The molecule has 0 aliphatic carbocycles. The van der Waals surface area contributed by atoms with Crippen LogP contribution in [0.2, 0.25) is 0 Å². The van der Waals surface area contributed by atoms with Gasteiger partial charge in [0.05, 0.1) is 0 Å². The molecule has 0 aliphatic rings. The summed E-state index contributed by atoms with van der Waals surface area (Å²) < 4.78 is 0. The SMILES string of the molecule is CCCCCNC(=N)N.S. The minimum absolute atomic E-state index is 0. The van der Waals surface area contributed by atoms with Crippen LogP contribution in [0.15, 0.2) is 0 Å². The van der Waals surface area contributed by atoms with Crippen molar-refractivity contribution in [3.8, 4) is 0 Å². The first-order valence-electron chi connectivity index (χ1n) is 3.35. The van der Waals surface area contributed by atoms with Crippen molar-refractivity contribution in [3.63, 3.8) is 0 Å². The van der Waals surface area contributed by atoms with E-state index < -0.39 is 0 Å². The maximum absolute atomic E-state index is 6.80. The Morgan fingerprint density at radius 3 is 2.50 bits per heavy atom. The Hall–Kier alpha value is -0.380. The van der Waals surface area contributed by atoms with Gasteiger partial charge in [-0.25, -0.2) is 0 Å². The number of nitrogens with two attached hydrogens (primary N) is 1. The van der Waals surface area contributed by atoms with Crippen molar-refractivity contribution in [1.29, 1.82) is 5.41 Å². The highest BCUT2D eigenvalue weighted by Gasteiger charge is 1.85. The minimum Gasteiger partial charge on any atom is -0.370 e. The Labute approximate surface area is 69.3 Å². The average Bonchev–Trinajstić information content (AvgIpc) is 1.80. The fourth-order valence-electron chi connectivity index (χ4n) is 0.598. The van der Waals surface area contributed by atoms with Crippen LogP contribution in [0.3, 0.4) is 0 Å². The van der Waals surface area contributed by atoms with E-state index in [2.05, 4.69) is 12.2 Å². The van der Waals surface area contributed by atoms with Crippen molar-refractivity contribution in [3.05, 3.63) is 0 Å². The van der Waals surface area contributed by atoms with Crippen molar-refractivity contribution >= 4 is 19.5 Å². The third-order valence-electron chi connectivity index (χ3n) is 1.10. The van der Waals surface area contributed by atoms with Gasteiger partial charge in [0, 0.05) is 6.54 Å². The van der Waals surface area contributed by atoms with E-state index in [1.165, 1.54) is 12.8 Å². The molecule has 0 fully saturated rings. The molecule has 4 heteroatoms. The third-order valence-corrected chi connectivity index (χ3v) is 1.10. The molecule has 0 amide bonds. The molecule has 0 saturated carbocycles. The van der Waals surface area contributed by atoms with Gasteiger partial charge in [-0.2, -0.15) is 13.5 Å². The number of hydrogen-bond acceptors (Lipinski definition) is 1. The molecule has 0 aromatic heterocycles. The summed E-state index contributed by atoms with van der Waals surface area (Å²) in [5.74, 6) is 0.0751. The molecule has 3 nitrogen and oxygen atoms in total. The monoisotopic (exact) mass is 163 g/mol. The molecule has 0 aromatic rings. The molecule has 0 bridgehead atoms. The van der Waals surface area contributed by atoms with Crippen LogP contribution in [0.25, 0.3) is 0 Å². The lowest BCUT2D eigenvalue weighted by molar-refractivity contribution is 0.692. The smallest absolute Gasteiger partial charge is 0.185 e. The van der Waals surface area contributed by atoms with E-state index in [1.807, 2.05) is 0 Å². The van der Waals surface area contributed by atoms with Crippen molar-refractivity contribution in [2.75, 3.05) is 6.54 Å². The van der Waals surface area contributed by atoms with Crippen molar-refractivity contribution in [2.24, 2.45) is 5.73 Å². The van der Waals surface area contributed by atoms with E-state index in [4.69, 9.17) is 11.1 Å². The van der Waals surface area contributed by atoms with Crippen LogP contribution >= 0.6 is 13.5 Å². The number of nitrogens with one attached hydrogen (secondary N) is 2. The molecule has 62 valence electrons. The van der Waals surface area contributed by atoms with Gasteiger partial charge in [-0.3, -0.25) is 5.41 Å². The fraction of sp³-hybridized carbons (Fsp3) is 0.833. The first kappa shape index (κ1) is 12.3. The average molecular weight is 163 g/mol. The normalized spacial score (nSPS) is 8.10. The Balaban J connectivity index is 0. The second-order valence-corrected chi connectivity index (χ2v) is 2.05. The summed E-state index contributed by atoms with van der Waals surface area (Å²) in [5.41, 5.74) is 5.05. The van der Waals surface area contributed by atoms with Gasteiger partial charge in [-0.15, -0.1) is 0 Å². The maximum atomic E-state index is 6.80. The molecule has 0 heterocycles. The van der Waals surface area contributed by atoms with Crippen molar-refractivity contribution in [1.82, 2.24) is 5.32 Å². The van der Waals surface area contributed by atoms with E-state index in [0.717, 1.165) is 13.0 Å². The Kier molecular flexibility index (Phi) is 10.6. The zero-order valence-electron chi connectivity index (χ0n) is 6.41. The number of guanidine groups is 1. The van der Waals surface area contributed by atoms with E-state index in [1.54, 1.807) is 0 Å². The maximum Gasteiger partial charge on any atom is 0.185 e. The quantitative estimate of drug-likeness (QED) is 0.326. The number of rotatable bonds is 4. The summed E-state index contributed by atoms with van der Waals surface area (Å²) in [5, 5.41) is 9.54. The molecule has 0 radical (unpaired) electrons. The zero-order chi connectivity index (χ0) is 7.11. The second-order valence-electron chi connectivity index (χ2n) is 2.05. The standard InChI is InChI=1S/C6H15N3.H2S/c1-2-3-4-5-9-6(7)8;/h2-5H2,1H3,(H4,7,8,9);1H2. The predicted molar refractivity (Wildman–Crippen MR) is 49.8 cm³/mol. The predicted octanol–water partition coefficient (Wildman–Crippen LogP) is 0.772. The third kappa shape index (κ3) is 10.6. The number of unbranched alkanes of at least 4 members (excludes halogenated alkanes) is 2. The molecular formula is C6H17N3S. The summed E-state index contributed by atoms with van der Waals surface area (Å²) >= 11 is 0. The van der Waals surface area contributed by atoms with Gasteiger partial charge in [0.2, 0.25) is 0 Å². The van der Waals surface area contributed by atoms with E-state index in [0.29, 0.717) is 0 Å². The molecule has 0 unspecified atom stereocenters. The van der Waals surface area contributed by atoms with Crippen LogP contribution in [0.1, 0.15) is 26.2 Å². The molecular weight excluding hydrogens is 146 g/mol. The van der Waals surface area contributed by atoms with Gasteiger partial charge in [-0.1, -0.05) is 19.8 Å². The summed E-state index contributed by atoms with van der Waals surface area (Å²) in [6, 6.07) is 0. The van der Waals surface area contributed by atoms with Crippen LogP contribution in [0.4, 0.5) is 0 Å². The first-order chi connectivity index (χ1) is 4.27. The highest BCUT2D eigenvalue weighted by molar-refractivity contribution is 7.59. The topological polar surface area (TPSA) is 61.9 Å². The first-order valence-corrected chi connectivity index (χ1v) is 3.35. The lowest BCUT2D eigenvalue weighted by Crippen LogP contribution is -2.30. The highest BCUT2D eigenvalue weighted by Crippen LogP contribution is 1.89. The molecule has 0 spiro atoms. The summed E-state index contributed by atoms with van der Waals surface area (Å²) in [7, 11) is 0. The largest absolute Gasteiger partial charge is 0.370 e. The summed E-state index contributed by atoms with van der Waals surface area (Å²) in [6.07, 6.45) is 3.52. The van der Waals surface area contributed by atoms with Crippen LogP contribution < -0.4 is 11.1 Å². The van der Waals surface area contributed by atoms with Gasteiger partial charge in [0.1, 0.15) is 0 Å². The highest BCUT2D eigenvalue weighted by atomic mass is 32.1. The molecule has 10 heavy (non-hydrogen) atoms. The van der Waals surface area contributed by atoms with E-state index >= 15 is 0 Å². The van der Waals surface area contributed by atoms with Gasteiger partial charge in [0.15, 0.2) is 5.96 Å². The molecule has 0 saturated heterocycles. The van der Waals surface area contributed by atoms with Gasteiger partial charge >= 0.3 is 0 Å². The lowest BCUT2D eigenvalue weighted by atomic mass is 10.2. The fourth-order valence-corrected chi connectivity index (χ4v) is 0.598. The minimum atomic E-state index is 0. The molecule has 0 aromatic carbocycles. The van der Waals surface area contributed by atoms with Gasteiger partial charge < -0.3 is 11.1 Å². The van der Waals surface area contributed by atoms with Crippen LogP contribution in [0, 0.1) is 5.41 Å². The van der Waals surface area contributed by atoms with Crippen LogP contribution in [0.5, 0.6) is 0 Å². The zero-order valence-corrected chi connectivity index (χ0v) is 7.41. The molecule has 0 rings (SSSR count). The number of hydrogen-bond donors (Lipinski definition) is 3. The Morgan fingerprint density at radius 2 is 2.10 bits per heavy atom. The van der Waals surface area contributed by atoms with Gasteiger partial charge in [0.25, 0.3) is 0 Å². The van der Waals surface area contributed by atoms with Crippen molar-refractivity contribution < 1.29 is 0 Å². The lowest BCUT2D eigenvalue weighted by Gasteiger charge is -2.00. The Bertz CT molecular complexity index is 85.1. The van der Waals surface area contributed by atoms with Crippen molar-refractivity contribution in [2.45, 2.75) is 26.2 Å². The van der Waals surface area contributed by atoms with Crippen LogP contribution in [-0.2, 0) is 0 Å². The van der Waals surface area contributed by atoms with Crippen LogP contribution in [-0.4, -0.2) is 12.5 Å². The van der Waals surface area contributed by atoms with Gasteiger partial charge in [-0.05, 0) is 6.42 Å². The Morgan fingerprint density at radius 1 is 1.50 bits per heavy atom. The molecule has 0 aliphatic heterocycles. The van der Waals surface area contributed by atoms with E-state index in [9.17, 15) is 0 Å². The molecule has 0 atom stereocenters. The molecule has 4 N–H and O–H groups in total. The van der Waals surface area contributed by atoms with E-state index in [-0.39, 0.29) is 19.5 Å². The second kappa shape index (κ2) is 8.62.